The third-order valence-corrected chi connectivity index (χ3v) is 11.2. The Morgan fingerprint density at radius 2 is 1.08 bits per heavy atom. The molecule has 0 aliphatic heterocycles. The largest absolute Gasteiger partial charge is 0.455 e. The molecule has 0 atom stereocenters. The van der Waals surface area contributed by atoms with Crippen LogP contribution in [0.5, 0.6) is 0 Å². The van der Waals surface area contributed by atoms with E-state index in [0.717, 1.165) is 65.9 Å². The number of rotatable bonds is 4. The van der Waals surface area contributed by atoms with Crippen molar-refractivity contribution in [3.05, 3.63) is 164 Å². The molecule has 0 saturated heterocycles. The summed E-state index contributed by atoms with van der Waals surface area (Å²) in [5.74, 6) is 1.86. The van der Waals surface area contributed by atoms with Crippen molar-refractivity contribution in [3.8, 4) is 45.3 Å². The molecule has 0 bridgehead atoms. The molecule has 0 aliphatic rings. The van der Waals surface area contributed by atoms with E-state index in [2.05, 4.69) is 146 Å². The van der Waals surface area contributed by atoms with Crippen molar-refractivity contribution in [1.82, 2.24) is 15.0 Å². The Labute approximate surface area is 302 Å². The van der Waals surface area contributed by atoms with Crippen molar-refractivity contribution in [2.45, 2.75) is 0 Å². The maximum atomic E-state index is 6.80. The Bertz CT molecular complexity index is 3200. The molecule has 4 nitrogen and oxygen atoms in total. The lowest BCUT2D eigenvalue weighted by atomic mass is 9.94. The minimum absolute atomic E-state index is 0.603. The molecule has 0 unspecified atom stereocenters. The van der Waals surface area contributed by atoms with Crippen LogP contribution < -0.4 is 0 Å². The summed E-state index contributed by atoms with van der Waals surface area (Å²) in [6, 6.07) is 57.4. The predicted octanol–water partition coefficient (Wildman–Crippen LogP) is 13.1. The molecule has 0 spiro atoms. The summed E-state index contributed by atoms with van der Waals surface area (Å²) in [5, 5.41) is 9.07. The van der Waals surface area contributed by atoms with Gasteiger partial charge in [0.1, 0.15) is 11.2 Å². The topological polar surface area (TPSA) is 51.8 Å². The molecule has 11 aromatic rings. The zero-order valence-corrected chi connectivity index (χ0v) is 28.6. The molecule has 0 N–H and O–H groups in total. The number of hydrogen-bond donors (Lipinski definition) is 0. The Morgan fingerprint density at radius 1 is 0.404 bits per heavy atom. The summed E-state index contributed by atoms with van der Waals surface area (Å²) in [6.45, 7) is 0. The van der Waals surface area contributed by atoms with E-state index >= 15 is 0 Å². The van der Waals surface area contributed by atoms with E-state index in [0.29, 0.717) is 17.5 Å². The van der Waals surface area contributed by atoms with Gasteiger partial charge in [0.15, 0.2) is 17.5 Å². The molecule has 5 heteroatoms. The third-order valence-electron chi connectivity index (χ3n) is 10.1. The predicted molar refractivity (Wildman–Crippen MR) is 217 cm³/mol. The number of furan rings is 1. The zero-order valence-electron chi connectivity index (χ0n) is 27.7. The third kappa shape index (κ3) is 4.57. The van der Waals surface area contributed by atoms with Crippen LogP contribution in [-0.2, 0) is 0 Å². The molecule has 3 aromatic heterocycles. The van der Waals surface area contributed by atoms with E-state index < -0.39 is 0 Å². The van der Waals surface area contributed by atoms with Gasteiger partial charge in [-0.15, -0.1) is 11.3 Å². The maximum absolute atomic E-state index is 6.80. The van der Waals surface area contributed by atoms with E-state index in [1.165, 1.54) is 25.6 Å². The number of hydrogen-bond acceptors (Lipinski definition) is 5. The summed E-state index contributed by atoms with van der Waals surface area (Å²) in [5.41, 5.74) is 6.63. The van der Waals surface area contributed by atoms with Crippen LogP contribution in [0.3, 0.4) is 0 Å². The lowest BCUT2D eigenvalue weighted by Gasteiger charge is -2.11. The highest BCUT2D eigenvalue weighted by molar-refractivity contribution is 7.25. The van der Waals surface area contributed by atoms with Gasteiger partial charge in [-0.3, -0.25) is 0 Å². The van der Waals surface area contributed by atoms with Crippen LogP contribution in [0, 0.1) is 0 Å². The Hall–Kier alpha value is -6.69. The van der Waals surface area contributed by atoms with Gasteiger partial charge in [0, 0.05) is 53.2 Å². The fourth-order valence-electron chi connectivity index (χ4n) is 7.65. The van der Waals surface area contributed by atoms with Crippen molar-refractivity contribution in [3.63, 3.8) is 0 Å². The Morgan fingerprint density at radius 3 is 1.94 bits per heavy atom. The summed E-state index contributed by atoms with van der Waals surface area (Å²) in [4.78, 5) is 15.6. The molecule has 0 amide bonds. The SMILES string of the molecule is c1ccc(-c2c3ccccc3cc3c2oc2cccc(-c4nc(-c5ccc6ccccc6c5)nc(-c5ccc6sc7ccccc7c6c5)n4)c23)cc1. The summed E-state index contributed by atoms with van der Waals surface area (Å²) in [7, 11) is 0. The lowest BCUT2D eigenvalue weighted by Crippen LogP contribution is -2.00. The molecule has 0 fully saturated rings. The Balaban J connectivity index is 1.19. The molecule has 0 radical (unpaired) electrons. The standard InChI is InChI=1S/C47H27N3OS/c1-2-12-29(13-3-1)42-34-16-7-6-15-31(34)26-38-43-36(18-10-19-39(43)51-44(38)42)47-49-45(32-22-21-28-11-4-5-14-30(28)25-32)48-46(50-47)33-23-24-41-37(27-33)35-17-8-9-20-40(35)52-41/h1-27H. The summed E-state index contributed by atoms with van der Waals surface area (Å²) < 4.78 is 9.30. The van der Waals surface area contributed by atoms with E-state index in [1.54, 1.807) is 11.3 Å². The molecule has 11 rings (SSSR count). The molecular weight excluding hydrogens is 655 g/mol. The highest BCUT2D eigenvalue weighted by Gasteiger charge is 2.21. The van der Waals surface area contributed by atoms with Crippen LogP contribution in [-0.4, -0.2) is 15.0 Å². The molecular formula is C47H27N3OS. The van der Waals surface area contributed by atoms with Gasteiger partial charge in [-0.05, 0) is 69.6 Å². The first kappa shape index (κ1) is 29.1. The summed E-state index contributed by atoms with van der Waals surface area (Å²) >= 11 is 1.81. The Kier molecular flexibility index (Phi) is 6.39. The minimum Gasteiger partial charge on any atom is -0.455 e. The monoisotopic (exact) mass is 681 g/mol. The van der Waals surface area contributed by atoms with Gasteiger partial charge in [0.25, 0.3) is 0 Å². The van der Waals surface area contributed by atoms with Gasteiger partial charge < -0.3 is 4.42 Å². The molecule has 3 heterocycles. The van der Waals surface area contributed by atoms with Crippen LogP contribution in [0.1, 0.15) is 0 Å². The van der Waals surface area contributed by atoms with Crippen LogP contribution in [0.2, 0.25) is 0 Å². The van der Waals surface area contributed by atoms with Crippen molar-refractivity contribution in [2.24, 2.45) is 0 Å². The second-order valence-electron chi connectivity index (χ2n) is 13.2. The number of fused-ring (bicyclic) bond motifs is 8. The van der Waals surface area contributed by atoms with Crippen molar-refractivity contribution < 1.29 is 4.42 Å². The van der Waals surface area contributed by atoms with Gasteiger partial charge >= 0.3 is 0 Å². The van der Waals surface area contributed by atoms with E-state index in [-0.39, 0.29) is 0 Å². The molecule has 0 saturated carbocycles. The number of benzene rings is 8. The van der Waals surface area contributed by atoms with E-state index in [1.807, 2.05) is 18.2 Å². The van der Waals surface area contributed by atoms with Gasteiger partial charge in [-0.25, -0.2) is 15.0 Å². The first-order valence-electron chi connectivity index (χ1n) is 17.3. The summed E-state index contributed by atoms with van der Waals surface area (Å²) in [6.07, 6.45) is 0. The molecule has 52 heavy (non-hydrogen) atoms. The first-order chi connectivity index (χ1) is 25.7. The number of aromatic nitrogens is 3. The van der Waals surface area contributed by atoms with Crippen LogP contribution in [0.15, 0.2) is 168 Å². The van der Waals surface area contributed by atoms with Gasteiger partial charge in [-0.2, -0.15) is 0 Å². The average Bonchev–Trinajstić information content (AvgIpc) is 3.77. The van der Waals surface area contributed by atoms with Gasteiger partial charge in [0.05, 0.1) is 0 Å². The van der Waals surface area contributed by atoms with E-state index in [4.69, 9.17) is 19.4 Å². The highest BCUT2D eigenvalue weighted by atomic mass is 32.1. The van der Waals surface area contributed by atoms with Crippen molar-refractivity contribution >= 4 is 75.0 Å². The second-order valence-corrected chi connectivity index (χ2v) is 14.3. The zero-order chi connectivity index (χ0) is 34.2. The van der Waals surface area contributed by atoms with Crippen LogP contribution in [0.25, 0.3) is 109 Å². The van der Waals surface area contributed by atoms with Crippen LogP contribution >= 0.6 is 11.3 Å². The number of nitrogens with zero attached hydrogens (tertiary/aromatic N) is 3. The quantitative estimate of drug-likeness (QED) is 0.185. The van der Waals surface area contributed by atoms with Crippen molar-refractivity contribution in [2.75, 3.05) is 0 Å². The van der Waals surface area contributed by atoms with Crippen molar-refractivity contribution in [1.29, 1.82) is 0 Å². The average molecular weight is 682 g/mol. The van der Waals surface area contributed by atoms with Crippen LogP contribution in [0.4, 0.5) is 0 Å². The second kappa shape index (κ2) is 11.4. The van der Waals surface area contributed by atoms with Gasteiger partial charge in [-0.1, -0.05) is 121 Å². The van der Waals surface area contributed by atoms with Gasteiger partial charge in [0.2, 0.25) is 0 Å². The molecule has 8 aromatic carbocycles. The smallest absolute Gasteiger partial charge is 0.164 e. The minimum atomic E-state index is 0.603. The highest BCUT2D eigenvalue weighted by Crippen LogP contribution is 2.44. The fraction of sp³-hybridized carbons (Fsp3) is 0. The number of thiophene rings is 1. The molecule has 242 valence electrons. The lowest BCUT2D eigenvalue weighted by molar-refractivity contribution is 0.670. The normalized spacial score (nSPS) is 11.8. The molecule has 0 aliphatic carbocycles. The first-order valence-corrected chi connectivity index (χ1v) is 18.2. The fourth-order valence-corrected chi connectivity index (χ4v) is 8.74. The maximum Gasteiger partial charge on any atom is 0.164 e. The van der Waals surface area contributed by atoms with E-state index in [9.17, 15) is 0 Å².